The molecule has 1 amide bonds. The van der Waals surface area contributed by atoms with Gasteiger partial charge < -0.3 is 5.32 Å². The fourth-order valence-electron chi connectivity index (χ4n) is 3.34. The fraction of sp³-hybridized carbons (Fsp3) is 0.381. The Bertz CT molecular complexity index is 763. The van der Waals surface area contributed by atoms with Crippen molar-refractivity contribution in [2.75, 3.05) is 6.54 Å². The van der Waals surface area contributed by atoms with Crippen LogP contribution in [0.25, 0.3) is 0 Å². The third kappa shape index (κ3) is 4.83. The topological polar surface area (TPSA) is 32.3 Å². The molecule has 0 aromatic heterocycles. The summed E-state index contributed by atoms with van der Waals surface area (Å²) in [5.41, 5.74) is 2.59. The van der Waals surface area contributed by atoms with Gasteiger partial charge in [0.25, 0.3) is 5.91 Å². The van der Waals surface area contributed by atoms with E-state index in [1.807, 2.05) is 12.1 Å². The Hall–Kier alpha value is -1.91. The second-order valence-corrected chi connectivity index (χ2v) is 7.35. The van der Waals surface area contributed by atoms with Crippen LogP contribution in [0.3, 0.4) is 0 Å². The minimum absolute atomic E-state index is 0.119. The van der Waals surface area contributed by atoms with Gasteiger partial charge in [-0.2, -0.15) is 0 Å². The lowest BCUT2D eigenvalue weighted by Gasteiger charge is -2.33. The molecule has 2 aromatic carbocycles. The summed E-state index contributed by atoms with van der Waals surface area (Å²) in [5, 5.41) is 2.95. The van der Waals surface area contributed by atoms with Crippen LogP contribution in [0.15, 0.2) is 42.5 Å². The molecule has 1 aliphatic heterocycles. The molecule has 2 aromatic rings. The number of amides is 1. The van der Waals surface area contributed by atoms with Gasteiger partial charge in [0, 0.05) is 19.1 Å². The highest BCUT2D eigenvalue weighted by atomic mass is 35.5. The van der Waals surface area contributed by atoms with Crippen molar-refractivity contribution in [2.24, 2.45) is 0 Å². The molecule has 3 nitrogen and oxygen atoms in total. The van der Waals surface area contributed by atoms with E-state index in [9.17, 15) is 9.18 Å². The standard InChI is InChI=1S/C21H24ClFN2O/c1-15-4-2-3-11-25(15)14-17-7-5-16(6-8-17)13-24-21(26)19-10-9-18(23)12-20(19)22/h5-10,12,15H,2-4,11,13-14H2,1H3,(H,24,26). The zero-order valence-electron chi connectivity index (χ0n) is 15.0. The van der Waals surface area contributed by atoms with Gasteiger partial charge in [-0.25, -0.2) is 4.39 Å². The minimum atomic E-state index is -0.454. The quantitative estimate of drug-likeness (QED) is 0.816. The number of halogens is 2. The minimum Gasteiger partial charge on any atom is -0.348 e. The van der Waals surface area contributed by atoms with E-state index in [0.29, 0.717) is 12.6 Å². The molecule has 0 bridgehead atoms. The van der Waals surface area contributed by atoms with Gasteiger partial charge in [0.2, 0.25) is 0 Å². The number of hydrogen-bond acceptors (Lipinski definition) is 2. The van der Waals surface area contributed by atoms with Crippen molar-refractivity contribution >= 4 is 17.5 Å². The van der Waals surface area contributed by atoms with E-state index < -0.39 is 5.82 Å². The Morgan fingerprint density at radius 2 is 1.92 bits per heavy atom. The Kier molecular flexibility index (Phi) is 6.28. The van der Waals surface area contributed by atoms with Crippen molar-refractivity contribution in [3.63, 3.8) is 0 Å². The summed E-state index contributed by atoms with van der Waals surface area (Å²) in [5.74, 6) is -0.758. The fourth-order valence-corrected chi connectivity index (χ4v) is 3.59. The van der Waals surface area contributed by atoms with Crippen LogP contribution in [0.1, 0.15) is 47.7 Å². The second kappa shape index (κ2) is 8.65. The van der Waals surface area contributed by atoms with Gasteiger partial charge in [0.15, 0.2) is 0 Å². The molecule has 1 saturated heterocycles. The lowest BCUT2D eigenvalue weighted by Crippen LogP contribution is -2.36. The van der Waals surface area contributed by atoms with E-state index in [1.54, 1.807) is 0 Å². The monoisotopic (exact) mass is 374 g/mol. The number of rotatable bonds is 5. The molecule has 5 heteroatoms. The number of nitrogens with one attached hydrogen (secondary N) is 1. The Labute approximate surface area is 159 Å². The number of likely N-dealkylation sites (tertiary alicyclic amines) is 1. The molecule has 0 spiro atoms. The number of piperidine rings is 1. The molecule has 1 aliphatic rings. The third-order valence-electron chi connectivity index (χ3n) is 4.98. The van der Waals surface area contributed by atoms with E-state index in [0.717, 1.165) is 24.7 Å². The summed E-state index contributed by atoms with van der Waals surface area (Å²) in [6, 6.07) is 12.7. The maximum Gasteiger partial charge on any atom is 0.253 e. The number of hydrogen-bond donors (Lipinski definition) is 1. The first kappa shape index (κ1) is 18.9. The molecule has 1 N–H and O–H groups in total. The first-order valence-electron chi connectivity index (χ1n) is 9.08. The normalized spacial score (nSPS) is 17.9. The van der Waals surface area contributed by atoms with Crippen LogP contribution >= 0.6 is 11.6 Å². The molecule has 1 unspecified atom stereocenters. The molecule has 3 rings (SSSR count). The molecule has 0 saturated carbocycles. The molecule has 1 fully saturated rings. The second-order valence-electron chi connectivity index (χ2n) is 6.94. The van der Waals surface area contributed by atoms with Crippen molar-refractivity contribution in [1.82, 2.24) is 10.2 Å². The van der Waals surface area contributed by atoms with E-state index >= 15 is 0 Å². The largest absolute Gasteiger partial charge is 0.348 e. The number of carbonyl (C=O) groups excluding carboxylic acids is 1. The summed E-state index contributed by atoms with van der Waals surface area (Å²) in [6.07, 6.45) is 3.88. The Morgan fingerprint density at radius 1 is 1.19 bits per heavy atom. The number of nitrogens with zero attached hydrogens (tertiary/aromatic N) is 1. The summed E-state index contributed by atoms with van der Waals surface area (Å²) in [7, 11) is 0. The van der Waals surface area contributed by atoms with Gasteiger partial charge in [0.05, 0.1) is 10.6 Å². The predicted octanol–water partition coefficient (Wildman–Crippen LogP) is 4.78. The lowest BCUT2D eigenvalue weighted by atomic mass is 10.0. The molecule has 0 radical (unpaired) electrons. The van der Waals surface area contributed by atoms with Crippen LogP contribution in [-0.4, -0.2) is 23.4 Å². The maximum absolute atomic E-state index is 13.1. The van der Waals surface area contributed by atoms with E-state index in [-0.39, 0.29) is 16.5 Å². The van der Waals surface area contributed by atoms with E-state index in [2.05, 4.69) is 29.3 Å². The maximum atomic E-state index is 13.1. The molecule has 138 valence electrons. The third-order valence-corrected chi connectivity index (χ3v) is 5.29. The first-order chi connectivity index (χ1) is 12.5. The molecule has 1 heterocycles. The van der Waals surface area contributed by atoms with Crippen LogP contribution in [0.2, 0.25) is 5.02 Å². The molecular weight excluding hydrogens is 351 g/mol. The van der Waals surface area contributed by atoms with Gasteiger partial charge >= 0.3 is 0 Å². The lowest BCUT2D eigenvalue weighted by molar-refractivity contribution is 0.0951. The zero-order valence-corrected chi connectivity index (χ0v) is 15.7. The van der Waals surface area contributed by atoms with E-state index in [1.165, 1.54) is 37.0 Å². The SMILES string of the molecule is CC1CCCCN1Cc1ccc(CNC(=O)c2ccc(F)cc2Cl)cc1. The summed E-state index contributed by atoms with van der Waals surface area (Å²) in [6.45, 7) is 4.84. The van der Waals surface area contributed by atoms with Crippen LogP contribution in [0.4, 0.5) is 4.39 Å². The van der Waals surface area contributed by atoms with Crippen LogP contribution in [0, 0.1) is 5.82 Å². The highest BCUT2D eigenvalue weighted by molar-refractivity contribution is 6.33. The average molecular weight is 375 g/mol. The highest BCUT2D eigenvalue weighted by Crippen LogP contribution is 2.20. The zero-order chi connectivity index (χ0) is 18.5. The van der Waals surface area contributed by atoms with Gasteiger partial charge in [-0.05, 0) is 55.6 Å². The average Bonchev–Trinajstić information content (AvgIpc) is 2.63. The van der Waals surface area contributed by atoms with Crippen LogP contribution in [0.5, 0.6) is 0 Å². The smallest absolute Gasteiger partial charge is 0.253 e. The van der Waals surface area contributed by atoms with E-state index in [4.69, 9.17) is 11.6 Å². The number of benzene rings is 2. The molecule has 0 aliphatic carbocycles. The van der Waals surface area contributed by atoms with Crippen LogP contribution < -0.4 is 5.32 Å². The predicted molar refractivity (Wildman–Crippen MR) is 103 cm³/mol. The number of carbonyl (C=O) groups is 1. The van der Waals surface area contributed by atoms with Crippen molar-refractivity contribution in [3.8, 4) is 0 Å². The highest BCUT2D eigenvalue weighted by Gasteiger charge is 2.18. The van der Waals surface area contributed by atoms with Gasteiger partial charge in [-0.1, -0.05) is 42.3 Å². The van der Waals surface area contributed by atoms with Crippen molar-refractivity contribution in [3.05, 3.63) is 70.0 Å². The van der Waals surface area contributed by atoms with Crippen LogP contribution in [-0.2, 0) is 13.1 Å². The van der Waals surface area contributed by atoms with Crippen molar-refractivity contribution in [2.45, 2.75) is 45.3 Å². The summed E-state index contributed by atoms with van der Waals surface area (Å²) >= 11 is 5.93. The van der Waals surface area contributed by atoms with Crippen molar-refractivity contribution < 1.29 is 9.18 Å². The van der Waals surface area contributed by atoms with Crippen molar-refractivity contribution in [1.29, 1.82) is 0 Å². The van der Waals surface area contributed by atoms with Gasteiger partial charge in [-0.3, -0.25) is 9.69 Å². The molecule has 1 atom stereocenters. The first-order valence-corrected chi connectivity index (χ1v) is 9.46. The van der Waals surface area contributed by atoms with Gasteiger partial charge in [-0.15, -0.1) is 0 Å². The molecule has 26 heavy (non-hydrogen) atoms. The van der Waals surface area contributed by atoms with Gasteiger partial charge in [0.1, 0.15) is 5.82 Å². The Balaban J connectivity index is 1.55. The Morgan fingerprint density at radius 3 is 2.62 bits per heavy atom. The molecular formula is C21H24ClFN2O. The summed E-state index contributed by atoms with van der Waals surface area (Å²) < 4.78 is 13.1. The summed E-state index contributed by atoms with van der Waals surface area (Å²) in [4.78, 5) is 14.7.